The maximum atomic E-state index is 12.2. The molecule has 1 fully saturated rings. The number of nitrogens with zero attached hydrogens (tertiary/aromatic N) is 1. The van der Waals surface area contributed by atoms with Gasteiger partial charge in [0.15, 0.2) is 0 Å². The third-order valence-corrected chi connectivity index (χ3v) is 7.99. The molecule has 2 atom stereocenters. The third-order valence-electron chi connectivity index (χ3n) is 4.63. The first-order chi connectivity index (χ1) is 14.3. The van der Waals surface area contributed by atoms with E-state index in [1.165, 1.54) is 23.5 Å². The summed E-state index contributed by atoms with van der Waals surface area (Å²) in [5, 5.41) is 7.18. The number of hydrogen-bond acceptors (Lipinski definition) is 7. The molecule has 1 aromatic rings. The van der Waals surface area contributed by atoms with E-state index in [4.69, 9.17) is 33.7 Å². The molecule has 2 amide bonds. The van der Waals surface area contributed by atoms with Crippen LogP contribution in [0.5, 0.6) is 0 Å². The minimum atomic E-state index is -0.447. The van der Waals surface area contributed by atoms with Crippen LogP contribution in [-0.4, -0.2) is 59.5 Å². The number of nitrogens with one attached hydrogen (secondary N) is 2. The number of ether oxygens (including phenoxy) is 1. The van der Waals surface area contributed by atoms with Gasteiger partial charge in [0.25, 0.3) is 5.91 Å². The summed E-state index contributed by atoms with van der Waals surface area (Å²) >= 11 is 14.8. The summed E-state index contributed by atoms with van der Waals surface area (Å²) in [5.41, 5.74) is 7.18. The number of amides is 2. The highest BCUT2D eigenvalue weighted by Gasteiger charge is 2.26. The fraction of sp³-hybridized carbons (Fsp3) is 0.474. The minimum absolute atomic E-state index is 0.0696. The van der Waals surface area contributed by atoms with Crippen molar-refractivity contribution in [1.82, 2.24) is 15.5 Å². The van der Waals surface area contributed by atoms with E-state index in [9.17, 15) is 9.59 Å². The van der Waals surface area contributed by atoms with Crippen molar-refractivity contribution in [3.8, 4) is 0 Å². The van der Waals surface area contributed by atoms with Gasteiger partial charge in [-0.1, -0.05) is 41.0 Å². The van der Waals surface area contributed by atoms with Gasteiger partial charge in [-0.3, -0.25) is 14.5 Å². The van der Waals surface area contributed by atoms with Crippen LogP contribution >= 0.6 is 46.7 Å². The summed E-state index contributed by atoms with van der Waals surface area (Å²) in [6.45, 7) is 5.16. The smallest absolute Gasteiger partial charge is 0.256 e. The number of morpholine rings is 1. The topological polar surface area (TPSA) is 96.7 Å². The molecule has 1 aromatic carbocycles. The van der Waals surface area contributed by atoms with Crippen LogP contribution in [0.3, 0.4) is 0 Å². The summed E-state index contributed by atoms with van der Waals surface area (Å²) in [4.78, 5) is 26.3. The fourth-order valence-corrected chi connectivity index (χ4v) is 5.71. The fourth-order valence-electron chi connectivity index (χ4n) is 3.16. The monoisotopic (exact) mass is 490 g/mol. The number of rotatable bonds is 8. The quantitative estimate of drug-likeness (QED) is 0.514. The van der Waals surface area contributed by atoms with E-state index < -0.39 is 5.91 Å². The lowest BCUT2D eigenvalue weighted by Gasteiger charge is -2.33. The molecule has 7 nitrogen and oxygen atoms in total. The lowest BCUT2D eigenvalue weighted by atomic mass is 10.2. The minimum Gasteiger partial charge on any atom is -0.374 e. The van der Waals surface area contributed by atoms with Gasteiger partial charge in [-0.05, 0) is 24.6 Å². The SMILES string of the molecule is CC1=C(C(N)=O)SC(SCC(=O)NC[C@H]2CN(Cc3ccc(Cl)c(Cl)c3)CCO2)N1. The van der Waals surface area contributed by atoms with Crippen molar-refractivity contribution in [2.75, 3.05) is 32.0 Å². The second-order valence-electron chi connectivity index (χ2n) is 7.00. The highest BCUT2D eigenvalue weighted by molar-refractivity contribution is 8.19. The Hall–Kier alpha value is -1.10. The third kappa shape index (κ3) is 6.70. The molecule has 164 valence electrons. The molecule has 0 spiro atoms. The van der Waals surface area contributed by atoms with E-state index in [1.54, 1.807) is 13.0 Å². The Morgan fingerprint density at radius 1 is 1.40 bits per heavy atom. The molecule has 11 heteroatoms. The molecule has 1 saturated heterocycles. The summed E-state index contributed by atoms with van der Waals surface area (Å²) in [6, 6.07) is 5.64. The van der Waals surface area contributed by atoms with Crippen molar-refractivity contribution in [3.05, 3.63) is 44.4 Å². The van der Waals surface area contributed by atoms with Crippen LogP contribution in [0.1, 0.15) is 12.5 Å². The average Bonchev–Trinajstić information content (AvgIpc) is 3.09. The van der Waals surface area contributed by atoms with Crippen LogP contribution in [0.4, 0.5) is 0 Å². The van der Waals surface area contributed by atoms with Crippen molar-refractivity contribution in [2.24, 2.45) is 5.73 Å². The van der Waals surface area contributed by atoms with Crippen LogP contribution in [0.15, 0.2) is 28.8 Å². The highest BCUT2D eigenvalue weighted by atomic mass is 35.5. The predicted octanol–water partition coefficient (Wildman–Crippen LogP) is 2.38. The number of thioether (sulfide) groups is 2. The standard InChI is InChI=1S/C19H24Cl2N4O3S2/c1-11-17(18(22)27)30-19(24-11)29-10-16(26)23-7-13-9-25(4-5-28-13)8-12-2-3-14(20)15(21)6-12/h2-3,6,13,19,24H,4-5,7-10H2,1H3,(H2,22,27)(H,23,26)/t13-,19?/m0/s1. The molecule has 0 aromatic heterocycles. The zero-order chi connectivity index (χ0) is 21.7. The number of carbonyl (C=O) groups excluding carboxylic acids is 2. The summed E-state index contributed by atoms with van der Waals surface area (Å²) < 4.78 is 5.69. The maximum absolute atomic E-state index is 12.2. The first-order valence-corrected chi connectivity index (χ1v) is 12.1. The number of hydrogen-bond donors (Lipinski definition) is 3. The Labute approximate surface area is 194 Å². The van der Waals surface area contributed by atoms with E-state index in [0.29, 0.717) is 28.1 Å². The number of allylic oxidation sites excluding steroid dienone is 1. The van der Waals surface area contributed by atoms with Gasteiger partial charge in [0.05, 0.1) is 33.4 Å². The van der Waals surface area contributed by atoms with Crippen LogP contribution in [0.25, 0.3) is 0 Å². The van der Waals surface area contributed by atoms with Gasteiger partial charge in [0.1, 0.15) is 4.71 Å². The van der Waals surface area contributed by atoms with Gasteiger partial charge in [-0.2, -0.15) is 0 Å². The Kier molecular flexibility index (Phi) is 8.62. The normalized spacial score (nSPS) is 22.1. The molecular formula is C19H24Cl2N4O3S2. The molecule has 2 heterocycles. The largest absolute Gasteiger partial charge is 0.374 e. The summed E-state index contributed by atoms with van der Waals surface area (Å²) in [5.74, 6) is -0.237. The maximum Gasteiger partial charge on any atom is 0.256 e. The van der Waals surface area contributed by atoms with E-state index in [2.05, 4.69) is 15.5 Å². The van der Waals surface area contributed by atoms with Crippen LogP contribution in [0.2, 0.25) is 10.0 Å². The molecular weight excluding hydrogens is 467 g/mol. The van der Waals surface area contributed by atoms with E-state index >= 15 is 0 Å². The molecule has 0 saturated carbocycles. The van der Waals surface area contributed by atoms with E-state index in [-0.39, 0.29) is 22.5 Å². The Morgan fingerprint density at radius 3 is 2.90 bits per heavy atom. The van der Waals surface area contributed by atoms with Gasteiger partial charge < -0.3 is 21.1 Å². The number of halogens is 2. The second kappa shape index (κ2) is 11.0. The van der Waals surface area contributed by atoms with Crippen molar-refractivity contribution in [3.63, 3.8) is 0 Å². The van der Waals surface area contributed by atoms with Gasteiger partial charge in [-0.25, -0.2) is 0 Å². The van der Waals surface area contributed by atoms with Gasteiger partial charge in [-0.15, -0.1) is 11.8 Å². The van der Waals surface area contributed by atoms with Crippen molar-refractivity contribution in [1.29, 1.82) is 0 Å². The summed E-state index contributed by atoms with van der Waals surface area (Å²) in [7, 11) is 0. The van der Waals surface area contributed by atoms with E-state index in [0.717, 1.165) is 30.9 Å². The predicted molar refractivity (Wildman–Crippen MR) is 123 cm³/mol. The van der Waals surface area contributed by atoms with Crippen molar-refractivity contribution >= 4 is 58.5 Å². The van der Waals surface area contributed by atoms with Crippen LogP contribution < -0.4 is 16.4 Å². The van der Waals surface area contributed by atoms with Gasteiger partial charge in [0.2, 0.25) is 5.91 Å². The molecule has 0 aliphatic carbocycles. The first-order valence-electron chi connectivity index (χ1n) is 9.42. The molecule has 1 unspecified atom stereocenters. The molecule has 30 heavy (non-hydrogen) atoms. The number of carbonyl (C=O) groups is 2. The molecule has 2 aliphatic heterocycles. The Balaban J connectivity index is 1.37. The van der Waals surface area contributed by atoms with Crippen molar-refractivity contribution < 1.29 is 14.3 Å². The lowest BCUT2D eigenvalue weighted by molar-refractivity contribution is -0.119. The number of primary amides is 1. The summed E-state index contributed by atoms with van der Waals surface area (Å²) in [6.07, 6.45) is -0.0696. The average molecular weight is 491 g/mol. The van der Waals surface area contributed by atoms with Crippen molar-refractivity contribution in [2.45, 2.75) is 24.3 Å². The zero-order valence-electron chi connectivity index (χ0n) is 16.5. The first kappa shape index (κ1) is 23.6. The van der Waals surface area contributed by atoms with Gasteiger partial charge >= 0.3 is 0 Å². The number of benzene rings is 1. The number of nitrogens with two attached hydrogens (primary N) is 1. The van der Waals surface area contributed by atoms with Crippen LogP contribution in [-0.2, 0) is 20.9 Å². The Morgan fingerprint density at radius 2 is 2.20 bits per heavy atom. The molecule has 0 radical (unpaired) electrons. The molecule has 4 N–H and O–H groups in total. The van der Waals surface area contributed by atoms with E-state index in [1.807, 2.05) is 12.1 Å². The van der Waals surface area contributed by atoms with Crippen LogP contribution in [0, 0.1) is 0 Å². The molecule has 0 bridgehead atoms. The zero-order valence-corrected chi connectivity index (χ0v) is 19.6. The highest BCUT2D eigenvalue weighted by Crippen LogP contribution is 2.35. The molecule has 3 rings (SSSR count). The Bertz CT molecular complexity index is 840. The van der Waals surface area contributed by atoms with Gasteiger partial charge in [0, 0.05) is 31.9 Å². The lowest BCUT2D eigenvalue weighted by Crippen LogP contribution is -2.47. The second-order valence-corrected chi connectivity index (χ2v) is 10.3. The molecule has 2 aliphatic rings.